The second kappa shape index (κ2) is 4.81. The molecule has 0 spiro atoms. The summed E-state index contributed by atoms with van der Waals surface area (Å²) in [6.45, 7) is 5.35. The first-order valence-corrected chi connectivity index (χ1v) is 7.53. The van der Waals surface area contributed by atoms with Gasteiger partial charge in [0.25, 0.3) is 0 Å². The average molecular weight is 292 g/mol. The SMILES string of the molecule is Cn1cc(CCNC(=O)C2(N)C3CCOC3C2(C)C)cn1. The van der Waals surface area contributed by atoms with Crippen molar-refractivity contribution < 1.29 is 9.53 Å². The molecule has 1 amide bonds. The van der Waals surface area contributed by atoms with E-state index in [0.717, 1.165) is 18.4 Å². The summed E-state index contributed by atoms with van der Waals surface area (Å²) < 4.78 is 7.48. The van der Waals surface area contributed by atoms with E-state index in [1.54, 1.807) is 4.68 Å². The maximum absolute atomic E-state index is 12.6. The van der Waals surface area contributed by atoms with Gasteiger partial charge in [0, 0.05) is 37.7 Å². The predicted molar refractivity (Wildman–Crippen MR) is 78.5 cm³/mol. The van der Waals surface area contributed by atoms with Crippen molar-refractivity contribution >= 4 is 5.91 Å². The van der Waals surface area contributed by atoms with Gasteiger partial charge < -0.3 is 15.8 Å². The summed E-state index contributed by atoms with van der Waals surface area (Å²) >= 11 is 0. The molecule has 1 aromatic rings. The van der Waals surface area contributed by atoms with E-state index >= 15 is 0 Å². The summed E-state index contributed by atoms with van der Waals surface area (Å²) in [6, 6.07) is 0. The van der Waals surface area contributed by atoms with Gasteiger partial charge in [0.2, 0.25) is 5.91 Å². The number of aryl methyl sites for hydroxylation is 1. The van der Waals surface area contributed by atoms with Crippen LogP contribution in [0.2, 0.25) is 0 Å². The zero-order valence-corrected chi connectivity index (χ0v) is 12.9. The molecule has 3 N–H and O–H groups in total. The number of hydrogen-bond acceptors (Lipinski definition) is 4. The van der Waals surface area contributed by atoms with Crippen molar-refractivity contribution in [1.82, 2.24) is 15.1 Å². The fourth-order valence-corrected chi connectivity index (χ4v) is 3.91. The van der Waals surface area contributed by atoms with E-state index in [1.165, 1.54) is 0 Å². The van der Waals surface area contributed by atoms with Gasteiger partial charge in [-0.3, -0.25) is 9.48 Å². The maximum Gasteiger partial charge on any atom is 0.241 e. The van der Waals surface area contributed by atoms with Gasteiger partial charge in [0.05, 0.1) is 12.3 Å². The third-order valence-corrected chi connectivity index (χ3v) is 5.29. The number of aromatic nitrogens is 2. The topological polar surface area (TPSA) is 82.2 Å². The summed E-state index contributed by atoms with van der Waals surface area (Å²) in [5, 5.41) is 7.11. The van der Waals surface area contributed by atoms with Gasteiger partial charge in [0.1, 0.15) is 5.54 Å². The Balaban J connectivity index is 1.60. The molecule has 3 atom stereocenters. The van der Waals surface area contributed by atoms with Gasteiger partial charge in [-0.1, -0.05) is 13.8 Å². The lowest BCUT2D eigenvalue weighted by molar-refractivity contribution is -0.175. The van der Waals surface area contributed by atoms with Crippen molar-refractivity contribution in [3.05, 3.63) is 18.0 Å². The molecule has 1 aliphatic carbocycles. The smallest absolute Gasteiger partial charge is 0.241 e. The van der Waals surface area contributed by atoms with Crippen molar-refractivity contribution in [2.75, 3.05) is 13.2 Å². The Morgan fingerprint density at radius 3 is 3.05 bits per heavy atom. The first kappa shape index (κ1) is 14.5. The van der Waals surface area contributed by atoms with Crippen LogP contribution in [0, 0.1) is 11.3 Å². The van der Waals surface area contributed by atoms with Crippen LogP contribution >= 0.6 is 0 Å². The monoisotopic (exact) mass is 292 g/mol. The van der Waals surface area contributed by atoms with E-state index in [1.807, 2.05) is 33.3 Å². The van der Waals surface area contributed by atoms with Gasteiger partial charge in [-0.05, 0) is 18.4 Å². The minimum atomic E-state index is -0.816. The van der Waals surface area contributed by atoms with Crippen LogP contribution in [0.5, 0.6) is 0 Å². The van der Waals surface area contributed by atoms with Crippen LogP contribution in [-0.4, -0.2) is 40.5 Å². The van der Waals surface area contributed by atoms with Crippen LogP contribution in [0.1, 0.15) is 25.8 Å². The lowest BCUT2D eigenvalue weighted by atomic mass is 9.48. The standard InChI is InChI=1S/C15H24N4O2/c1-14(2)12-11(5-7-21-12)15(14,16)13(20)17-6-4-10-8-18-19(3)9-10/h8-9,11-12H,4-7,16H2,1-3H3,(H,17,20). The van der Waals surface area contributed by atoms with Gasteiger partial charge >= 0.3 is 0 Å². The number of nitrogens with two attached hydrogens (primary N) is 1. The molecule has 21 heavy (non-hydrogen) atoms. The Kier molecular flexibility index (Phi) is 3.33. The number of rotatable bonds is 4. The molecule has 1 saturated carbocycles. The van der Waals surface area contributed by atoms with E-state index in [2.05, 4.69) is 10.4 Å². The number of carbonyl (C=O) groups is 1. The van der Waals surface area contributed by atoms with Gasteiger partial charge in [-0.15, -0.1) is 0 Å². The molecule has 0 radical (unpaired) electrons. The molecule has 0 bridgehead atoms. The lowest BCUT2D eigenvalue weighted by Crippen LogP contribution is -2.80. The summed E-state index contributed by atoms with van der Waals surface area (Å²) in [4.78, 5) is 12.6. The Hall–Kier alpha value is -1.40. The van der Waals surface area contributed by atoms with Crippen molar-refractivity contribution in [2.45, 2.75) is 38.3 Å². The molecular weight excluding hydrogens is 268 g/mol. The van der Waals surface area contributed by atoms with Crippen molar-refractivity contribution in [1.29, 1.82) is 0 Å². The van der Waals surface area contributed by atoms with Crippen molar-refractivity contribution in [3.63, 3.8) is 0 Å². The summed E-state index contributed by atoms with van der Waals surface area (Å²) in [5.41, 5.74) is 6.47. The third-order valence-electron chi connectivity index (χ3n) is 5.29. The molecule has 3 rings (SSSR count). The molecule has 2 fully saturated rings. The molecule has 1 aliphatic heterocycles. The van der Waals surface area contributed by atoms with Gasteiger partial charge in [-0.25, -0.2) is 0 Å². The first-order valence-electron chi connectivity index (χ1n) is 7.53. The van der Waals surface area contributed by atoms with Crippen molar-refractivity contribution in [2.24, 2.45) is 24.1 Å². The minimum Gasteiger partial charge on any atom is -0.377 e. The minimum absolute atomic E-state index is 0.0526. The molecule has 116 valence electrons. The number of ether oxygens (including phenoxy) is 1. The zero-order valence-electron chi connectivity index (χ0n) is 12.9. The van der Waals surface area contributed by atoms with Gasteiger partial charge in [-0.2, -0.15) is 5.10 Å². The molecule has 0 aromatic carbocycles. The first-order chi connectivity index (χ1) is 9.87. The Morgan fingerprint density at radius 2 is 2.38 bits per heavy atom. The van der Waals surface area contributed by atoms with E-state index < -0.39 is 5.54 Å². The largest absolute Gasteiger partial charge is 0.377 e. The maximum atomic E-state index is 12.6. The highest BCUT2D eigenvalue weighted by Crippen LogP contribution is 2.58. The Bertz CT molecular complexity index is 554. The fourth-order valence-electron chi connectivity index (χ4n) is 3.91. The molecule has 1 aromatic heterocycles. The quantitative estimate of drug-likeness (QED) is 0.832. The van der Waals surface area contributed by atoms with Crippen LogP contribution in [0.3, 0.4) is 0 Å². The summed E-state index contributed by atoms with van der Waals surface area (Å²) in [6.07, 6.45) is 5.53. The normalized spacial score (nSPS) is 33.3. The van der Waals surface area contributed by atoms with Crippen LogP contribution in [-0.2, 0) is 23.0 Å². The Morgan fingerprint density at radius 1 is 1.62 bits per heavy atom. The van der Waals surface area contributed by atoms with E-state index in [0.29, 0.717) is 13.2 Å². The fraction of sp³-hybridized carbons (Fsp3) is 0.733. The van der Waals surface area contributed by atoms with Crippen LogP contribution in [0.4, 0.5) is 0 Å². The molecule has 3 unspecified atom stereocenters. The number of carbonyl (C=O) groups excluding carboxylic acids is 1. The number of fused-ring (bicyclic) bond motifs is 1. The van der Waals surface area contributed by atoms with Gasteiger partial charge in [0.15, 0.2) is 0 Å². The predicted octanol–water partition coefficient (Wildman–Crippen LogP) is 0.221. The molecule has 6 heteroatoms. The van der Waals surface area contributed by atoms with E-state index in [9.17, 15) is 4.79 Å². The molecule has 2 heterocycles. The number of nitrogens with zero attached hydrogens (tertiary/aromatic N) is 2. The Labute approximate surface area is 125 Å². The zero-order chi connectivity index (χ0) is 15.3. The lowest BCUT2D eigenvalue weighted by Gasteiger charge is -2.60. The second-order valence-corrected chi connectivity index (χ2v) is 6.81. The van der Waals surface area contributed by atoms with Crippen LogP contribution in [0.25, 0.3) is 0 Å². The van der Waals surface area contributed by atoms with E-state index in [-0.39, 0.29) is 23.3 Å². The van der Waals surface area contributed by atoms with Crippen molar-refractivity contribution in [3.8, 4) is 0 Å². The molecule has 2 aliphatic rings. The van der Waals surface area contributed by atoms with E-state index in [4.69, 9.17) is 10.5 Å². The van der Waals surface area contributed by atoms with Crippen LogP contribution in [0.15, 0.2) is 12.4 Å². The summed E-state index contributed by atoms with van der Waals surface area (Å²) in [7, 11) is 1.88. The highest BCUT2D eigenvalue weighted by Gasteiger charge is 2.71. The number of nitrogens with one attached hydrogen (secondary N) is 1. The molecule has 6 nitrogen and oxygen atoms in total. The van der Waals surface area contributed by atoms with Crippen LogP contribution < -0.4 is 11.1 Å². The molecular formula is C15H24N4O2. The second-order valence-electron chi connectivity index (χ2n) is 6.81. The molecule has 1 saturated heterocycles. The third kappa shape index (κ3) is 2.00. The highest BCUT2D eigenvalue weighted by molar-refractivity contribution is 5.89. The summed E-state index contributed by atoms with van der Waals surface area (Å²) in [5.74, 6) is 0.0917. The number of hydrogen-bond donors (Lipinski definition) is 2. The average Bonchev–Trinajstić information content (AvgIpc) is 3.05. The highest BCUT2D eigenvalue weighted by atomic mass is 16.5. The number of amides is 1.